The third-order valence-corrected chi connectivity index (χ3v) is 6.02. The van der Waals surface area contributed by atoms with Crippen LogP contribution in [0.1, 0.15) is 26.2 Å². The Morgan fingerprint density at radius 2 is 2.00 bits per heavy atom. The van der Waals surface area contributed by atoms with Gasteiger partial charge in [0, 0.05) is 0 Å². The van der Waals surface area contributed by atoms with Gasteiger partial charge in [0.05, 0.1) is 0 Å². The molecule has 1 aromatic rings. The second kappa shape index (κ2) is 7.30. The van der Waals surface area contributed by atoms with Crippen LogP contribution in [-0.2, 0) is 0 Å². The normalized spacial score (nSPS) is 10.8. The Balaban J connectivity index is 2.23. The molecule has 0 unspecified atom stereocenters. The van der Waals surface area contributed by atoms with Crippen LogP contribution in [0.15, 0.2) is 40.0 Å². The third-order valence-electron chi connectivity index (χ3n) is 1.87. The summed E-state index contributed by atoms with van der Waals surface area (Å²) in [5.74, 6) is 0. The van der Waals surface area contributed by atoms with E-state index in [2.05, 4.69) is 47.0 Å². The number of benzene rings is 1. The maximum atomic E-state index is 2.46. The van der Waals surface area contributed by atoms with Crippen molar-refractivity contribution in [3.63, 3.8) is 0 Å². The molecule has 0 saturated heterocycles. The second-order valence-electron chi connectivity index (χ2n) is 3.05. The summed E-state index contributed by atoms with van der Waals surface area (Å²) >= 11 is -0.597. The standard InChI is InChI=1S/C6H5.C6H11.Pb/c1-2-4-6-5-3-1;1-3-5-6-4-2;/h1-5H;1,3H,4-6H2,2H3;. The van der Waals surface area contributed by atoms with Gasteiger partial charge in [0.15, 0.2) is 0 Å². The van der Waals surface area contributed by atoms with E-state index >= 15 is 0 Å². The van der Waals surface area contributed by atoms with E-state index in [4.69, 9.17) is 0 Å². The van der Waals surface area contributed by atoms with Gasteiger partial charge in [-0.25, -0.2) is 0 Å². The molecule has 0 amide bonds. The predicted octanol–water partition coefficient (Wildman–Crippen LogP) is 2.72. The number of unbranched alkanes of at least 4 members (excludes halogenated alkanes) is 2. The molecule has 0 aliphatic carbocycles. The van der Waals surface area contributed by atoms with E-state index in [1.54, 1.807) is 3.12 Å². The average Bonchev–Trinajstić information content (AvgIpc) is 2.19. The van der Waals surface area contributed by atoms with Gasteiger partial charge in [-0.15, -0.1) is 0 Å². The van der Waals surface area contributed by atoms with Crippen molar-refractivity contribution in [2.75, 3.05) is 0 Å². The molecule has 0 atom stereocenters. The zero-order valence-electron chi connectivity index (χ0n) is 8.16. The maximum absolute atomic E-state index is 2.46. The van der Waals surface area contributed by atoms with Crippen molar-refractivity contribution in [3.05, 3.63) is 40.0 Å². The summed E-state index contributed by atoms with van der Waals surface area (Å²) in [5.41, 5.74) is 0. The van der Waals surface area contributed by atoms with Gasteiger partial charge in [-0.1, -0.05) is 0 Å². The van der Waals surface area contributed by atoms with Gasteiger partial charge in [-0.3, -0.25) is 0 Å². The molecule has 68 valence electrons. The molecular formula is C12H16Pb. The van der Waals surface area contributed by atoms with E-state index in [1.807, 2.05) is 0 Å². The summed E-state index contributed by atoms with van der Waals surface area (Å²) in [6.07, 6.45) is 6.30. The van der Waals surface area contributed by atoms with Crippen molar-refractivity contribution >= 4 is 27.4 Å². The molecule has 0 fully saturated rings. The first-order valence-electron chi connectivity index (χ1n) is 4.90. The molecule has 0 N–H and O–H groups in total. The SMILES string of the molecule is CCCC/C=[CH]/[Pb][c]1ccccc1. The topological polar surface area (TPSA) is 0 Å². The van der Waals surface area contributed by atoms with Gasteiger partial charge in [0.25, 0.3) is 0 Å². The molecule has 0 aliphatic heterocycles. The Kier molecular flexibility index (Phi) is 6.16. The number of hydrogen-bond acceptors (Lipinski definition) is 0. The Bertz CT molecular complexity index is 239. The van der Waals surface area contributed by atoms with Crippen LogP contribution >= 0.6 is 0 Å². The number of rotatable bonds is 5. The first-order chi connectivity index (χ1) is 6.43. The van der Waals surface area contributed by atoms with Gasteiger partial charge < -0.3 is 0 Å². The number of hydrogen-bond donors (Lipinski definition) is 0. The number of allylic oxidation sites excluding steroid dienone is 1. The van der Waals surface area contributed by atoms with Crippen molar-refractivity contribution < 1.29 is 0 Å². The van der Waals surface area contributed by atoms with E-state index in [1.165, 1.54) is 19.3 Å². The Hall–Kier alpha value is -0.118. The second-order valence-corrected chi connectivity index (χ2v) is 7.72. The van der Waals surface area contributed by atoms with Crippen molar-refractivity contribution in [2.45, 2.75) is 26.2 Å². The van der Waals surface area contributed by atoms with Crippen molar-refractivity contribution in [3.8, 4) is 0 Å². The van der Waals surface area contributed by atoms with E-state index < -0.39 is 24.2 Å². The van der Waals surface area contributed by atoms with Crippen LogP contribution in [-0.4, -0.2) is 24.2 Å². The van der Waals surface area contributed by atoms with Crippen molar-refractivity contribution in [1.82, 2.24) is 0 Å². The molecule has 0 aromatic heterocycles. The molecule has 0 saturated carbocycles. The summed E-state index contributed by atoms with van der Waals surface area (Å²) in [6, 6.07) is 10.9. The average molecular weight is 367 g/mol. The molecule has 0 heterocycles. The zero-order chi connectivity index (χ0) is 9.36. The summed E-state index contributed by atoms with van der Waals surface area (Å²) in [6.45, 7) is 2.24. The fourth-order valence-corrected chi connectivity index (χ4v) is 4.45. The minimum atomic E-state index is -0.597. The zero-order valence-corrected chi connectivity index (χ0v) is 12.1. The van der Waals surface area contributed by atoms with Crippen LogP contribution in [0.3, 0.4) is 0 Å². The molecule has 1 heteroatoms. The molecule has 2 radical (unpaired) electrons. The van der Waals surface area contributed by atoms with Crippen LogP contribution < -0.4 is 3.12 Å². The first-order valence-corrected chi connectivity index (χ1v) is 9.09. The van der Waals surface area contributed by atoms with E-state index in [-0.39, 0.29) is 0 Å². The molecular weight excluding hydrogens is 351 g/mol. The fraction of sp³-hybridized carbons (Fsp3) is 0.333. The molecule has 0 spiro atoms. The molecule has 0 nitrogen and oxygen atoms in total. The van der Waals surface area contributed by atoms with Crippen LogP contribution in [0, 0.1) is 0 Å². The molecule has 0 bridgehead atoms. The van der Waals surface area contributed by atoms with Crippen LogP contribution in [0.2, 0.25) is 0 Å². The van der Waals surface area contributed by atoms with E-state index in [0.29, 0.717) is 0 Å². The van der Waals surface area contributed by atoms with Crippen LogP contribution in [0.5, 0.6) is 0 Å². The van der Waals surface area contributed by atoms with Crippen LogP contribution in [0.25, 0.3) is 0 Å². The molecule has 0 aliphatic rings. The molecule has 1 rings (SSSR count). The molecule has 1 aromatic carbocycles. The Labute approximate surface area is 93.3 Å². The van der Waals surface area contributed by atoms with E-state index in [0.717, 1.165) is 0 Å². The van der Waals surface area contributed by atoms with Crippen LogP contribution in [0.4, 0.5) is 0 Å². The predicted molar refractivity (Wildman–Crippen MR) is 60.5 cm³/mol. The quantitative estimate of drug-likeness (QED) is 0.555. The van der Waals surface area contributed by atoms with Gasteiger partial charge in [-0.2, -0.15) is 0 Å². The van der Waals surface area contributed by atoms with Crippen molar-refractivity contribution in [1.29, 1.82) is 0 Å². The monoisotopic (exact) mass is 368 g/mol. The van der Waals surface area contributed by atoms with Crippen molar-refractivity contribution in [2.24, 2.45) is 0 Å². The molecule has 13 heavy (non-hydrogen) atoms. The van der Waals surface area contributed by atoms with Gasteiger partial charge in [0.2, 0.25) is 0 Å². The Morgan fingerprint density at radius 3 is 2.69 bits per heavy atom. The summed E-state index contributed by atoms with van der Waals surface area (Å²) in [5, 5.41) is 0. The summed E-state index contributed by atoms with van der Waals surface area (Å²) in [7, 11) is 0. The third kappa shape index (κ3) is 5.24. The van der Waals surface area contributed by atoms with Gasteiger partial charge >= 0.3 is 93.6 Å². The summed E-state index contributed by atoms with van der Waals surface area (Å²) in [4.78, 5) is 0. The van der Waals surface area contributed by atoms with Gasteiger partial charge in [-0.05, 0) is 0 Å². The van der Waals surface area contributed by atoms with E-state index in [9.17, 15) is 0 Å². The summed E-state index contributed by atoms with van der Waals surface area (Å²) < 4.78 is 4.06. The Morgan fingerprint density at radius 1 is 1.23 bits per heavy atom. The first kappa shape index (κ1) is 11.0. The fourth-order valence-electron chi connectivity index (χ4n) is 1.09. The minimum absolute atomic E-state index is 0.597. The van der Waals surface area contributed by atoms with Gasteiger partial charge in [0.1, 0.15) is 0 Å².